The van der Waals surface area contributed by atoms with Crippen molar-refractivity contribution in [2.24, 2.45) is 0 Å². The Labute approximate surface area is 139 Å². The van der Waals surface area contributed by atoms with Crippen molar-refractivity contribution >= 4 is 11.6 Å². The van der Waals surface area contributed by atoms with Gasteiger partial charge in [0.05, 0.1) is 0 Å². The number of hydrogen-bond donors (Lipinski definition) is 2. The highest BCUT2D eigenvalue weighted by atomic mass is 16.3. The molecule has 124 valence electrons. The number of fused-ring (bicyclic) bond motifs is 1. The zero-order valence-electron chi connectivity index (χ0n) is 13.2. The van der Waals surface area contributed by atoms with E-state index in [0.29, 0.717) is 18.0 Å². The molecule has 3 aromatic rings. The van der Waals surface area contributed by atoms with Crippen LogP contribution in [0.1, 0.15) is 40.6 Å². The Morgan fingerprint density at radius 3 is 3.08 bits per heavy atom. The summed E-state index contributed by atoms with van der Waals surface area (Å²) >= 11 is 0. The molecule has 1 amide bonds. The molecular formula is C17H19N5O2. The summed E-state index contributed by atoms with van der Waals surface area (Å²) in [5, 5.41) is 6.24. The number of piperidine rings is 1. The van der Waals surface area contributed by atoms with Crippen molar-refractivity contribution < 1.29 is 9.21 Å². The normalized spacial score (nSPS) is 15.7. The first-order chi connectivity index (χ1) is 11.8. The summed E-state index contributed by atoms with van der Waals surface area (Å²) in [6, 6.07) is 3.92. The first-order valence-electron chi connectivity index (χ1n) is 8.15. The highest BCUT2D eigenvalue weighted by Gasteiger charge is 2.25. The minimum Gasteiger partial charge on any atom is -0.447 e. The van der Waals surface area contributed by atoms with Crippen LogP contribution in [-0.2, 0) is 6.54 Å². The smallest absolute Gasteiger partial charge is 0.273 e. The van der Waals surface area contributed by atoms with Crippen LogP contribution in [0, 0.1) is 0 Å². The quantitative estimate of drug-likeness (QED) is 0.763. The lowest BCUT2D eigenvalue weighted by atomic mass is 9.94. The van der Waals surface area contributed by atoms with Crippen molar-refractivity contribution in [2.45, 2.75) is 25.3 Å². The fourth-order valence-corrected chi connectivity index (χ4v) is 3.13. The molecule has 1 aliphatic heterocycles. The number of aromatic nitrogens is 3. The molecule has 7 heteroatoms. The summed E-state index contributed by atoms with van der Waals surface area (Å²) in [5.41, 5.74) is 2.26. The van der Waals surface area contributed by atoms with Gasteiger partial charge in [-0.3, -0.25) is 4.79 Å². The topological polar surface area (TPSA) is 84.5 Å². The maximum Gasteiger partial charge on any atom is 0.273 e. The van der Waals surface area contributed by atoms with Crippen molar-refractivity contribution in [3.63, 3.8) is 0 Å². The Morgan fingerprint density at radius 1 is 1.33 bits per heavy atom. The summed E-state index contributed by atoms with van der Waals surface area (Å²) in [5.74, 6) is 0.772. The highest BCUT2D eigenvalue weighted by molar-refractivity contribution is 5.93. The molecule has 0 bridgehead atoms. The zero-order chi connectivity index (χ0) is 16.4. The number of pyridine rings is 1. The van der Waals surface area contributed by atoms with Gasteiger partial charge < -0.3 is 19.5 Å². The van der Waals surface area contributed by atoms with E-state index in [1.54, 1.807) is 6.20 Å². The predicted octanol–water partition coefficient (Wildman–Crippen LogP) is 1.72. The zero-order valence-corrected chi connectivity index (χ0v) is 13.2. The molecule has 4 heterocycles. The fraction of sp³-hybridized carbons (Fsp3) is 0.353. The maximum atomic E-state index is 12.5. The third kappa shape index (κ3) is 2.90. The molecule has 0 atom stereocenters. The van der Waals surface area contributed by atoms with Crippen LogP contribution in [0.2, 0.25) is 0 Å². The Balaban J connectivity index is 1.45. The summed E-state index contributed by atoms with van der Waals surface area (Å²) in [4.78, 5) is 20.9. The fourth-order valence-electron chi connectivity index (χ4n) is 3.13. The van der Waals surface area contributed by atoms with Crippen LogP contribution in [0.4, 0.5) is 0 Å². The van der Waals surface area contributed by atoms with Gasteiger partial charge in [-0.25, -0.2) is 9.97 Å². The average molecular weight is 325 g/mol. The van der Waals surface area contributed by atoms with Crippen molar-refractivity contribution in [1.29, 1.82) is 0 Å². The summed E-state index contributed by atoms with van der Waals surface area (Å²) in [6.07, 6.45) is 8.86. The molecule has 1 saturated heterocycles. The van der Waals surface area contributed by atoms with Gasteiger partial charge in [-0.1, -0.05) is 0 Å². The lowest BCUT2D eigenvalue weighted by Crippen LogP contribution is -2.29. The number of carbonyl (C=O) groups excluding carboxylic acids is 1. The first kappa shape index (κ1) is 14.9. The van der Waals surface area contributed by atoms with Gasteiger partial charge in [0.2, 0.25) is 0 Å². The number of hydrogen-bond acceptors (Lipinski definition) is 5. The van der Waals surface area contributed by atoms with Gasteiger partial charge >= 0.3 is 0 Å². The van der Waals surface area contributed by atoms with E-state index in [4.69, 9.17) is 4.42 Å². The summed E-state index contributed by atoms with van der Waals surface area (Å²) < 4.78 is 7.44. The Hall–Kier alpha value is -2.67. The largest absolute Gasteiger partial charge is 0.447 e. The molecule has 2 N–H and O–H groups in total. The van der Waals surface area contributed by atoms with Crippen molar-refractivity contribution in [2.75, 3.05) is 13.1 Å². The Bertz CT molecular complexity index is 847. The van der Waals surface area contributed by atoms with Crippen LogP contribution in [0.5, 0.6) is 0 Å². The van der Waals surface area contributed by atoms with Crippen LogP contribution < -0.4 is 10.6 Å². The molecule has 1 fully saturated rings. The molecular weight excluding hydrogens is 306 g/mol. The van der Waals surface area contributed by atoms with Crippen LogP contribution >= 0.6 is 0 Å². The van der Waals surface area contributed by atoms with E-state index in [-0.39, 0.29) is 11.8 Å². The summed E-state index contributed by atoms with van der Waals surface area (Å²) in [7, 11) is 0. The minimum atomic E-state index is -0.194. The van der Waals surface area contributed by atoms with Gasteiger partial charge in [-0.05, 0) is 43.6 Å². The molecule has 24 heavy (non-hydrogen) atoms. The Kier molecular flexibility index (Phi) is 4.00. The summed E-state index contributed by atoms with van der Waals surface area (Å²) in [6.45, 7) is 2.31. The minimum absolute atomic E-state index is 0.194. The molecule has 4 rings (SSSR count). The third-order valence-corrected chi connectivity index (χ3v) is 4.44. The van der Waals surface area contributed by atoms with Crippen LogP contribution in [0.15, 0.2) is 41.5 Å². The average Bonchev–Trinajstić information content (AvgIpc) is 3.29. The monoisotopic (exact) mass is 325 g/mol. The van der Waals surface area contributed by atoms with Gasteiger partial charge in [0, 0.05) is 31.1 Å². The van der Waals surface area contributed by atoms with Gasteiger partial charge in [0.15, 0.2) is 12.1 Å². The number of rotatable bonds is 4. The molecule has 0 aliphatic carbocycles. The van der Waals surface area contributed by atoms with E-state index >= 15 is 0 Å². The maximum absolute atomic E-state index is 12.5. The molecule has 3 aromatic heterocycles. The molecule has 0 aromatic carbocycles. The van der Waals surface area contributed by atoms with Gasteiger partial charge in [-0.15, -0.1) is 0 Å². The number of nitrogens with one attached hydrogen (secondary N) is 2. The van der Waals surface area contributed by atoms with E-state index < -0.39 is 0 Å². The standard InChI is InChI=1S/C17H19N5O2/c23-17(15-16(24-11-21-15)13-1-4-18-5-2-13)20-10-12-3-7-22-8-6-19-14(22)9-12/h3,6-9,11,13,18H,1-2,4-5,10H2,(H,20,23). The number of amides is 1. The second kappa shape index (κ2) is 6.45. The van der Waals surface area contributed by atoms with Crippen LogP contribution in [-0.4, -0.2) is 33.4 Å². The van der Waals surface area contributed by atoms with E-state index in [0.717, 1.165) is 37.1 Å². The predicted molar refractivity (Wildman–Crippen MR) is 87.7 cm³/mol. The highest BCUT2D eigenvalue weighted by Crippen LogP contribution is 2.27. The molecule has 1 aliphatic rings. The number of carbonyl (C=O) groups is 1. The molecule has 0 spiro atoms. The SMILES string of the molecule is O=C(NCc1ccn2ccnc2c1)c1ncoc1C1CCNCC1. The third-order valence-electron chi connectivity index (χ3n) is 4.44. The lowest BCUT2D eigenvalue weighted by Gasteiger charge is -2.21. The molecule has 7 nitrogen and oxygen atoms in total. The van der Waals surface area contributed by atoms with Gasteiger partial charge in [-0.2, -0.15) is 0 Å². The van der Waals surface area contributed by atoms with Crippen molar-refractivity contribution in [3.8, 4) is 0 Å². The second-order valence-corrected chi connectivity index (χ2v) is 6.00. The van der Waals surface area contributed by atoms with E-state index in [9.17, 15) is 4.79 Å². The first-order valence-corrected chi connectivity index (χ1v) is 8.15. The molecule has 0 unspecified atom stereocenters. The van der Waals surface area contributed by atoms with Crippen molar-refractivity contribution in [3.05, 3.63) is 54.1 Å². The Morgan fingerprint density at radius 2 is 2.21 bits per heavy atom. The van der Waals surface area contributed by atoms with Gasteiger partial charge in [0.1, 0.15) is 11.4 Å². The van der Waals surface area contributed by atoms with Gasteiger partial charge in [0.25, 0.3) is 5.91 Å². The van der Waals surface area contributed by atoms with E-state index in [1.165, 1.54) is 6.39 Å². The van der Waals surface area contributed by atoms with Crippen LogP contribution in [0.25, 0.3) is 5.65 Å². The van der Waals surface area contributed by atoms with E-state index in [1.807, 2.05) is 28.9 Å². The molecule has 0 saturated carbocycles. The second-order valence-electron chi connectivity index (χ2n) is 6.00. The molecule has 0 radical (unpaired) electrons. The number of nitrogens with zero attached hydrogens (tertiary/aromatic N) is 3. The van der Waals surface area contributed by atoms with Crippen molar-refractivity contribution in [1.82, 2.24) is 25.0 Å². The number of oxazole rings is 1. The lowest BCUT2D eigenvalue weighted by molar-refractivity contribution is 0.0943. The number of imidazole rings is 1. The van der Waals surface area contributed by atoms with Crippen LogP contribution in [0.3, 0.4) is 0 Å². The van der Waals surface area contributed by atoms with E-state index in [2.05, 4.69) is 20.6 Å².